The first-order chi connectivity index (χ1) is 62.0. The van der Waals surface area contributed by atoms with Crippen LogP contribution in [-0.4, -0.2) is 74.5 Å². The van der Waals surface area contributed by atoms with E-state index >= 15 is 0 Å². The van der Waals surface area contributed by atoms with Crippen LogP contribution in [0.25, 0.3) is 0 Å². The summed E-state index contributed by atoms with van der Waals surface area (Å²) >= 11 is 0. The van der Waals surface area contributed by atoms with Gasteiger partial charge in [-0.05, 0) is 246 Å². The van der Waals surface area contributed by atoms with Gasteiger partial charge in [-0.3, -0.25) is 28.8 Å². The molecule has 5 aliphatic rings. The lowest BCUT2D eigenvalue weighted by Crippen LogP contribution is -2.30. The molecule has 2 heterocycles. The molecule has 0 fully saturated rings. The van der Waals surface area contributed by atoms with Crippen molar-refractivity contribution in [2.24, 2.45) is 53.3 Å². The van der Waals surface area contributed by atoms with Gasteiger partial charge in [0.05, 0.1) is 0 Å². The molecule has 12 nitrogen and oxygen atoms in total. The van der Waals surface area contributed by atoms with E-state index in [1.165, 1.54) is 218 Å². The summed E-state index contributed by atoms with van der Waals surface area (Å²) in [5.41, 5.74) is 0. The zero-order valence-corrected chi connectivity index (χ0v) is 80.9. The van der Waals surface area contributed by atoms with Gasteiger partial charge in [0.15, 0.2) is 12.2 Å². The summed E-state index contributed by atoms with van der Waals surface area (Å²) in [6.07, 6.45) is 116. The van der Waals surface area contributed by atoms with Crippen molar-refractivity contribution in [3.63, 3.8) is 0 Å². The second kappa shape index (κ2) is 79.2. The molecular weight excluding hydrogens is 1560 g/mol. The predicted octanol–water partition coefficient (Wildman–Crippen LogP) is 32.7. The number of carbonyl (C=O) groups excluding carboxylic acids is 6. The van der Waals surface area contributed by atoms with Crippen LogP contribution < -0.4 is 0 Å². The van der Waals surface area contributed by atoms with Crippen molar-refractivity contribution in [3.8, 4) is 0 Å². The fourth-order valence-electron chi connectivity index (χ4n) is 20.0. The first kappa shape index (κ1) is 111. The highest BCUT2D eigenvalue weighted by Crippen LogP contribution is 2.36. The van der Waals surface area contributed by atoms with Gasteiger partial charge in [-0.15, -0.1) is 19.7 Å². The lowest BCUT2D eigenvalue weighted by atomic mass is 9.81. The molecule has 0 N–H and O–H groups in total. The molecule has 0 aromatic rings. The van der Waals surface area contributed by atoms with E-state index in [9.17, 15) is 28.8 Å². The van der Waals surface area contributed by atoms with Gasteiger partial charge in [-0.2, -0.15) is 0 Å². The molecule has 11 atom stereocenters. The third-order valence-electron chi connectivity index (χ3n) is 28.1. The number of hydrogen-bond acceptors (Lipinski definition) is 12. The van der Waals surface area contributed by atoms with Gasteiger partial charge >= 0.3 is 35.8 Å². The highest BCUT2D eigenvalue weighted by Gasteiger charge is 2.26. The van der Waals surface area contributed by atoms with Crippen LogP contribution in [0.5, 0.6) is 0 Å². The molecule has 0 amide bonds. The van der Waals surface area contributed by atoms with Crippen LogP contribution >= 0.6 is 0 Å². The highest BCUT2D eigenvalue weighted by atomic mass is 16.6. The van der Waals surface area contributed by atoms with E-state index in [-0.39, 0.29) is 75.1 Å². The maximum Gasteiger partial charge on any atom is 0.306 e. The zero-order chi connectivity index (χ0) is 89.5. The Hall–Kier alpha value is -5.52. The Morgan fingerprint density at radius 3 is 1.02 bits per heavy atom. The Morgan fingerprint density at radius 2 is 0.619 bits per heavy atom. The van der Waals surface area contributed by atoms with E-state index in [1.54, 1.807) is 0 Å². The first-order valence-electron chi connectivity index (χ1n) is 53.9. The molecule has 0 saturated carbocycles. The van der Waals surface area contributed by atoms with Crippen LogP contribution in [0, 0.1) is 53.3 Å². The summed E-state index contributed by atoms with van der Waals surface area (Å²) < 4.78 is 34.7. The minimum atomic E-state index is -0.835. The van der Waals surface area contributed by atoms with Gasteiger partial charge in [-0.1, -0.05) is 342 Å². The van der Waals surface area contributed by atoms with Gasteiger partial charge < -0.3 is 28.4 Å². The number of rotatable bonds is 36. The Morgan fingerprint density at radius 1 is 0.310 bits per heavy atom. The van der Waals surface area contributed by atoms with Crippen molar-refractivity contribution in [1.29, 1.82) is 0 Å². The number of unbranched alkanes of at least 4 members (excludes halogenated alkanes) is 15. The second-order valence-corrected chi connectivity index (χ2v) is 39.3. The molecule has 0 saturated heterocycles. The molecular formula is C114H190O12. The smallest absolute Gasteiger partial charge is 0.306 e. The summed E-state index contributed by atoms with van der Waals surface area (Å²) in [5, 5.41) is 0. The van der Waals surface area contributed by atoms with Gasteiger partial charge in [0.25, 0.3) is 0 Å². The van der Waals surface area contributed by atoms with Gasteiger partial charge in [0, 0.05) is 38.5 Å². The fourth-order valence-corrected chi connectivity index (χ4v) is 20.0. The molecule has 12 heteroatoms. The number of fused-ring (bicyclic) bond motifs is 2. The molecule has 0 aromatic carbocycles. The van der Waals surface area contributed by atoms with Crippen molar-refractivity contribution in [1.82, 2.24) is 0 Å². The third kappa shape index (κ3) is 61.2. The topological polar surface area (TPSA) is 158 Å². The number of ether oxygens (including phenoxy) is 6. The quantitative estimate of drug-likeness (QED) is 0.0253. The van der Waals surface area contributed by atoms with Crippen molar-refractivity contribution >= 4 is 35.8 Å². The van der Waals surface area contributed by atoms with Gasteiger partial charge in [0.1, 0.15) is 26.4 Å². The fraction of sp³-hybridized carbons (Fsp3) is 0.789. The summed E-state index contributed by atoms with van der Waals surface area (Å²) in [6.45, 7) is 11.4. The maximum atomic E-state index is 13.3. The first-order valence-corrected chi connectivity index (χ1v) is 53.9. The lowest BCUT2D eigenvalue weighted by Gasteiger charge is -2.24. The minimum Gasteiger partial charge on any atom is -0.462 e. The molecule has 718 valence electrons. The standard InChI is InChI=1S/C114H190O12/c1-4-7-10-46-67-98-70-49-28-22-34-55-76-101(73-52-31-16-13-19-40-61-82-109(115)121-94-108-95-122-110(116)83-62-41-20-14-17-32-53-74-103-78-57-36-24-30-51-72-100(69-48-12-9-6-3)90-93-106(103)81-60-39-27-45-66-87-114(120)126-108)104(91-88-98)79-58-37-25-43-63-84-111(117)123-96-107-97-124-112(118)85-64-44-26-38-59-80-105-92-89-99(68-47-11-8-5-2)71-50-29-23-35-56-77-102(105)75-54-33-18-15-21-42-65-86-113(119)125-107/h4-6,52-54,73-75,88-93,98-108H,1-3,7-51,55-72,76-87,94-97H2/b73-52?,74-53?,75-54?,91-88-,92-89-,93-90-. The van der Waals surface area contributed by atoms with E-state index in [2.05, 4.69) is 111 Å². The molecule has 0 spiro atoms. The predicted molar refractivity (Wildman–Crippen MR) is 527 cm³/mol. The van der Waals surface area contributed by atoms with Crippen LogP contribution in [-0.2, 0) is 57.2 Å². The molecule has 11 unspecified atom stereocenters. The van der Waals surface area contributed by atoms with E-state index < -0.39 is 12.2 Å². The highest BCUT2D eigenvalue weighted by molar-refractivity contribution is 5.72. The van der Waals surface area contributed by atoms with E-state index in [0.29, 0.717) is 78.9 Å². The largest absolute Gasteiger partial charge is 0.462 e. The molecule has 2 aliphatic heterocycles. The molecule has 0 bridgehead atoms. The van der Waals surface area contributed by atoms with Crippen LogP contribution in [0.4, 0.5) is 0 Å². The van der Waals surface area contributed by atoms with E-state index in [0.717, 1.165) is 225 Å². The Balaban J connectivity index is 1.04. The molecule has 3 aliphatic carbocycles. The van der Waals surface area contributed by atoms with Crippen molar-refractivity contribution < 1.29 is 57.2 Å². The minimum absolute atomic E-state index is 0.114. The average molecular weight is 1750 g/mol. The molecule has 126 heavy (non-hydrogen) atoms. The number of allylic oxidation sites excluding steroid dienone is 15. The Bertz CT molecular complexity index is 2930. The van der Waals surface area contributed by atoms with Crippen molar-refractivity contribution in [2.75, 3.05) is 26.4 Å². The average Bonchev–Trinajstić information content (AvgIpc) is 0.912. The summed E-state index contributed by atoms with van der Waals surface area (Å²) in [4.78, 5) is 79.3. The Kier molecular flexibility index (Phi) is 69.8. The summed E-state index contributed by atoms with van der Waals surface area (Å²) in [6, 6.07) is 0. The summed E-state index contributed by atoms with van der Waals surface area (Å²) in [7, 11) is 0. The number of esters is 6. The summed E-state index contributed by atoms with van der Waals surface area (Å²) in [5.74, 6) is 3.32. The number of carbonyl (C=O) groups is 6. The van der Waals surface area contributed by atoms with Crippen molar-refractivity contribution in [3.05, 3.63) is 111 Å². The van der Waals surface area contributed by atoms with Crippen LogP contribution in [0.1, 0.15) is 482 Å². The second-order valence-electron chi connectivity index (χ2n) is 39.3. The van der Waals surface area contributed by atoms with Crippen LogP contribution in [0.15, 0.2) is 111 Å². The van der Waals surface area contributed by atoms with E-state index in [1.807, 2.05) is 0 Å². The van der Waals surface area contributed by atoms with Gasteiger partial charge in [0.2, 0.25) is 0 Å². The Labute approximate surface area is 772 Å². The maximum absolute atomic E-state index is 13.3. The van der Waals surface area contributed by atoms with Crippen molar-refractivity contribution in [2.45, 2.75) is 494 Å². The molecule has 0 radical (unpaired) electrons. The normalized spacial score (nSPS) is 26.5. The number of hydrogen-bond donors (Lipinski definition) is 0. The monoisotopic (exact) mass is 1750 g/mol. The van der Waals surface area contributed by atoms with E-state index in [4.69, 9.17) is 28.4 Å². The van der Waals surface area contributed by atoms with Crippen LogP contribution in [0.2, 0.25) is 0 Å². The molecule has 5 rings (SSSR count). The SMILES string of the molecule is C=CCCCCC1/C=C\C(CCCCCCCC(=O)OCC2COC(=O)CCCCCCCC3/C=C\C(CCCCC=C)CCCCCCCC3C=CCCCCCCCC(=O)O2)C(C=CCCCCCCCC(=O)OCC2COC(=O)CCCCCCCC=CC3CCCCCCCC(CCCCC=C)/C=C\C3CCCCCCCC(=O)O2)CCCCCCC1. The zero-order valence-electron chi connectivity index (χ0n) is 80.9. The molecule has 0 aromatic heterocycles. The van der Waals surface area contributed by atoms with Gasteiger partial charge in [-0.25, -0.2) is 0 Å². The number of cyclic esters (lactones) is 4. The van der Waals surface area contributed by atoms with Crippen LogP contribution in [0.3, 0.4) is 0 Å². The lowest BCUT2D eigenvalue weighted by molar-refractivity contribution is -0.167. The third-order valence-corrected chi connectivity index (χ3v) is 28.1.